The number of anilines is 1. The summed E-state index contributed by atoms with van der Waals surface area (Å²) < 4.78 is 52.7. The third-order valence-electron chi connectivity index (χ3n) is 3.95. The highest BCUT2D eigenvalue weighted by atomic mass is 19.2. The first-order valence-electron chi connectivity index (χ1n) is 6.74. The summed E-state index contributed by atoms with van der Waals surface area (Å²) in [6.07, 6.45) is 3.34. The number of halogens is 4. The fourth-order valence-corrected chi connectivity index (χ4v) is 2.69. The third kappa shape index (κ3) is 2.59. The van der Waals surface area contributed by atoms with Gasteiger partial charge in [0.15, 0.2) is 0 Å². The molecule has 1 aliphatic heterocycles. The molecule has 110 valence electrons. The lowest BCUT2D eigenvalue weighted by Crippen LogP contribution is -2.25. The first kappa shape index (κ1) is 13.6. The molecule has 0 spiro atoms. The molecule has 0 aromatic carbocycles. The van der Waals surface area contributed by atoms with E-state index in [4.69, 9.17) is 0 Å². The van der Waals surface area contributed by atoms with E-state index in [2.05, 4.69) is 15.2 Å². The maximum absolute atomic E-state index is 13.4. The van der Waals surface area contributed by atoms with Gasteiger partial charge in [-0.25, -0.2) is 0 Å². The zero-order valence-electron chi connectivity index (χ0n) is 10.8. The van der Waals surface area contributed by atoms with Crippen LogP contribution in [0.4, 0.5) is 23.2 Å². The van der Waals surface area contributed by atoms with Gasteiger partial charge in [0, 0.05) is 19.1 Å². The van der Waals surface area contributed by atoms with Crippen LogP contribution in [0.3, 0.4) is 0 Å². The molecule has 1 atom stereocenters. The number of hydrogen-bond donors (Lipinski definition) is 1. The zero-order chi connectivity index (χ0) is 14.3. The van der Waals surface area contributed by atoms with E-state index in [1.54, 1.807) is 0 Å². The average molecular weight is 289 g/mol. The predicted octanol–water partition coefficient (Wildman–Crippen LogP) is 2.53. The molecule has 1 saturated heterocycles. The summed E-state index contributed by atoms with van der Waals surface area (Å²) in [7, 11) is 0. The first-order chi connectivity index (χ1) is 9.56. The smallest absolute Gasteiger partial charge is 0.253 e. The Kier molecular flexibility index (Phi) is 3.54. The molecule has 1 aromatic heterocycles. The van der Waals surface area contributed by atoms with Crippen LogP contribution >= 0.6 is 0 Å². The monoisotopic (exact) mass is 289 g/mol. The van der Waals surface area contributed by atoms with Crippen molar-refractivity contribution in [2.75, 3.05) is 25.0 Å². The van der Waals surface area contributed by atoms with Crippen molar-refractivity contribution < 1.29 is 17.6 Å². The molecular weight excluding hydrogens is 274 g/mol. The Morgan fingerprint density at radius 1 is 1.05 bits per heavy atom. The van der Waals surface area contributed by atoms with Crippen molar-refractivity contribution in [1.82, 2.24) is 9.88 Å². The maximum Gasteiger partial charge on any atom is 0.253 e. The molecule has 3 nitrogen and oxygen atoms in total. The van der Waals surface area contributed by atoms with E-state index in [9.17, 15) is 17.6 Å². The lowest BCUT2D eigenvalue weighted by molar-refractivity contribution is 0.316. The van der Waals surface area contributed by atoms with Crippen LogP contribution in [0.2, 0.25) is 0 Å². The van der Waals surface area contributed by atoms with Gasteiger partial charge in [-0.3, -0.25) is 0 Å². The van der Waals surface area contributed by atoms with Crippen LogP contribution in [0.15, 0.2) is 0 Å². The molecule has 2 heterocycles. The molecule has 1 saturated carbocycles. The standard InChI is InChI=1S/C13H15F4N3/c14-9-11(10(15)13(17)19-12(9)16)18-5-7-3-4-20(6-7)8-1-2-8/h7-8H,1-6H2,(H,18,19). The molecular formula is C13H15F4N3. The van der Waals surface area contributed by atoms with Gasteiger partial charge >= 0.3 is 0 Å². The molecule has 7 heteroatoms. The van der Waals surface area contributed by atoms with Gasteiger partial charge in [0.2, 0.25) is 11.6 Å². The molecule has 1 N–H and O–H groups in total. The van der Waals surface area contributed by atoms with E-state index in [1.165, 1.54) is 12.8 Å². The van der Waals surface area contributed by atoms with Gasteiger partial charge in [0.25, 0.3) is 11.9 Å². The van der Waals surface area contributed by atoms with Crippen molar-refractivity contribution in [2.24, 2.45) is 5.92 Å². The highest BCUT2D eigenvalue weighted by molar-refractivity contribution is 5.45. The van der Waals surface area contributed by atoms with Crippen molar-refractivity contribution in [1.29, 1.82) is 0 Å². The van der Waals surface area contributed by atoms with E-state index in [0.717, 1.165) is 19.5 Å². The second-order valence-corrected chi connectivity index (χ2v) is 5.46. The lowest BCUT2D eigenvalue weighted by Gasteiger charge is -2.16. The Labute approximate surface area is 114 Å². The van der Waals surface area contributed by atoms with E-state index >= 15 is 0 Å². The molecule has 2 aliphatic rings. The largest absolute Gasteiger partial charge is 0.380 e. The number of likely N-dealkylation sites (tertiary alicyclic amines) is 1. The van der Waals surface area contributed by atoms with Gasteiger partial charge in [-0.2, -0.15) is 22.5 Å². The number of nitrogens with one attached hydrogen (secondary N) is 1. The van der Waals surface area contributed by atoms with E-state index in [0.29, 0.717) is 12.6 Å². The number of hydrogen-bond acceptors (Lipinski definition) is 3. The van der Waals surface area contributed by atoms with Crippen molar-refractivity contribution in [3.63, 3.8) is 0 Å². The molecule has 3 rings (SSSR count). The highest BCUT2D eigenvalue weighted by Crippen LogP contribution is 2.32. The van der Waals surface area contributed by atoms with Crippen LogP contribution in [-0.2, 0) is 0 Å². The van der Waals surface area contributed by atoms with Gasteiger partial charge in [-0.05, 0) is 31.7 Å². The van der Waals surface area contributed by atoms with Crippen LogP contribution < -0.4 is 5.32 Å². The van der Waals surface area contributed by atoms with Crippen molar-refractivity contribution >= 4 is 5.69 Å². The summed E-state index contributed by atoms with van der Waals surface area (Å²) in [4.78, 5) is 4.88. The van der Waals surface area contributed by atoms with Gasteiger partial charge in [0.05, 0.1) is 0 Å². The molecule has 1 aliphatic carbocycles. The summed E-state index contributed by atoms with van der Waals surface area (Å²) in [6.45, 7) is 2.12. The van der Waals surface area contributed by atoms with Gasteiger partial charge < -0.3 is 10.2 Å². The molecule has 0 radical (unpaired) electrons. The molecule has 2 fully saturated rings. The van der Waals surface area contributed by atoms with E-state index in [1.807, 2.05) is 0 Å². The lowest BCUT2D eigenvalue weighted by atomic mass is 10.1. The summed E-state index contributed by atoms with van der Waals surface area (Å²) in [6, 6.07) is 0.657. The molecule has 0 amide bonds. The number of rotatable bonds is 4. The van der Waals surface area contributed by atoms with Crippen molar-refractivity contribution in [2.45, 2.75) is 25.3 Å². The predicted molar refractivity (Wildman–Crippen MR) is 65.3 cm³/mol. The number of pyridine rings is 1. The quantitative estimate of drug-likeness (QED) is 0.682. The maximum atomic E-state index is 13.4. The van der Waals surface area contributed by atoms with Gasteiger partial charge in [-0.1, -0.05) is 0 Å². The van der Waals surface area contributed by atoms with Crippen LogP contribution in [0.1, 0.15) is 19.3 Å². The molecule has 1 unspecified atom stereocenters. The van der Waals surface area contributed by atoms with E-state index in [-0.39, 0.29) is 5.92 Å². The van der Waals surface area contributed by atoms with Crippen LogP contribution in [0, 0.1) is 29.4 Å². The molecule has 0 bridgehead atoms. The second kappa shape index (κ2) is 5.20. The Hall–Kier alpha value is -1.37. The minimum absolute atomic E-state index is 0.230. The minimum atomic E-state index is -1.63. The summed E-state index contributed by atoms with van der Waals surface area (Å²) in [5, 5.41) is 2.49. The molecule has 1 aromatic rings. The fourth-order valence-electron chi connectivity index (χ4n) is 2.69. The Bertz CT molecular complexity index is 493. The van der Waals surface area contributed by atoms with E-state index < -0.39 is 29.2 Å². The van der Waals surface area contributed by atoms with Crippen molar-refractivity contribution in [3.8, 4) is 0 Å². The highest BCUT2D eigenvalue weighted by Gasteiger charge is 2.34. The van der Waals surface area contributed by atoms with Gasteiger partial charge in [0.1, 0.15) is 5.69 Å². The third-order valence-corrected chi connectivity index (χ3v) is 3.95. The number of aromatic nitrogens is 1. The Balaban J connectivity index is 1.64. The van der Waals surface area contributed by atoms with Crippen LogP contribution in [0.5, 0.6) is 0 Å². The van der Waals surface area contributed by atoms with Crippen LogP contribution in [0.25, 0.3) is 0 Å². The zero-order valence-corrected chi connectivity index (χ0v) is 10.8. The van der Waals surface area contributed by atoms with Crippen LogP contribution in [-0.4, -0.2) is 35.6 Å². The van der Waals surface area contributed by atoms with Gasteiger partial charge in [-0.15, -0.1) is 0 Å². The van der Waals surface area contributed by atoms with Crippen molar-refractivity contribution in [3.05, 3.63) is 23.5 Å². The fraction of sp³-hybridized carbons (Fsp3) is 0.615. The Morgan fingerprint density at radius 3 is 2.30 bits per heavy atom. The first-order valence-corrected chi connectivity index (χ1v) is 6.74. The second-order valence-electron chi connectivity index (χ2n) is 5.46. The molecule has 20 heavy (non-hydrogen) atoms. The summed E-state index contributed by atoms with van der Waals surface area (Å²) in [5.41, 5.74) is -0.764. The topological polar surface area (TPSA) is 28.2 Å². The summed E-state index contributed by atoms with van der Waals surface area (Å²) >= 11 is 0. The SMILES string of the molecule is Fc1nc(F)c(F)c(NCC2CCN(C3CC3)C2)c1F. The minimum Gasteiger partial charge on any atom is -0.380 e. The normalized spacial score (nSPS) is 23.3. The number of nitrogens with zero attached hydrogens (tertiary/aromatic N) is 2. The summed E-state index contributed by atoms with van der Waals surface area (Å²) in [5.74, 6) is -5.97. The Morgan fingerprint density at radius 2 is 1.70 bits per heavy atom. The average Bonchev–Trinajstić information content (AvgIpc) is 3.16.